The summed E-state index contributed by atoms with van der Waals surface area (Å²) in [6.07, 6.45) is 1.80. The van der Waals surface area contributed by atoms with Gasteiger partial charge >= 0.3 is 0 Å². The molecular weight excluding hydrogens is 538 g/mol. The van der Waals surface area contributed by atoms with E-state index in [2.05, 4.69) is 47.1 Å². The van der Waals surface area contributed by atoms with Gasteiger partial charge in [-0.1, -0.05) is 50.1 Å². The van der Waals surface area contributed by atoms with Crippen molar-refractivity contribution >= 4 is 54.9 Å². The van der Waals surface area contributed by atoms with Crippen LogP contribution in [0.2, 0.25) is 0 Å². The Balaban J connectivity index is 1.59. The third kappa shape index (κ3) is 4.05. The van der Waals surface area contributed by atoms with Crippen LogP contribution in [0.15, 0.2) is 98.4 Å². The van der Waals surface area contributed by atoms with Gasteiger partial charge in [-0.25, -0.2) is 0 Å². The Morgan fingerprint density at radius 1 is 0.871 bits per heavy atom. The first-order valence-electron chi connectivity index (χ1n) is 9.72. The minimum absolute atomic E-state index is 0.138. The van der Waals surface area contributed by atoms with E-state index in [-0.39, 0.29) is 12.1 Å². The molecule has 0 bridgehead atoms. The van der Waals surface area contributed by atoms with Crippen molar-refractivity contribution in [1.82, 2.24) is 10.3 Å². The first-order valence-corrected chi connectivity index (χ1v) is 11.7. The summed E-state index contributed by atoms with van der Waals surface area (Å²) in [5, 5.41) is 4.10. The molecule has 0 amide bonds. The molecule has 1 fully saturated rings. The third-order valence-electron chi connectivity index (χ3n) is 5.25. The van der Waals surface area contributed by atoms with Gasteiger partial charge < -0.3 is 14.6 Å². The molecule has 2 aromatic heterocycles. The highest BCUT2D eigenvalue weighted by Gasteiger charge is 2.42. The van der Waals surface area contributed by atoms with E-state index in [1.165, 1.54) is 0 Å². The molecule has 1 aliphatic heterocycles. The van der Waals surface area contributed by atoms with Gasteiger partial charge in [-0.05, 0) is 72.9 Å². The zero-order valence-corrected chi connectivity index (χ0v) is 20.2. The summed E-state index contributed by atoms with van der Waals surface area (Å²) in [5.74, 6) is 1.64. The number of hydrogen-bond donors (Lipinski definition) is 1. The molecule has 4 aromatic rings. The molecule has 0 spiro atoms. The number of anilines is 1. The van der Waals surface area contributed by atoms with E-state index in [0.29, 0.717) is 5.11 Å². The Morgan fingerprint density at radius 2 is 1.58 bits per heavy atom. The summed E-state index contributed by atoms with van der Waals surface area (Å²) in [6.45, 7) is 0. The van der Waals surface area contributed by atoms with Crippen molar-refractivity contribution in [3.8, 4) is 11.3 Å². The molecule has 31 heavy (non-hydrogen) atoms. The van der Waals surface area contributed by atoms with Crippen molar-refractivity contribution in [3.63, 3.8) is 0 Å². The third-order valence-corrected chi connectivity index (χ3v) is 6.62. The zero-order valence-electron chi connectivity index (χ0n) is 16.2. The summed E-state index contributed by atoms with van der Waals surface area (Å²) >= 11 is 12.8. The molecule has 1 saturated heterocycles. The fraction of sp³-hybridized carbons (Fsp3) is 0.0833. The van der Waals surface area contributed by atoms with Gasteiger partial charge in [0.2, 0.25) is 0 Å². The predicted octanol–water partition coefficient (Wildman–Crippen LogP) is 7.04. The van der Waals surface area contributed by atoms with Crippen LogP contribution in [-0.2, 0) is 0 Å². The molecule has 2 atom stereocenters. The Bertz CT molecular complexity index is 1210. The SMILES string of the molecule is S=C1N[C@H](c2ccccn2)[C@@H](c2ccc(-c3ccc(Br)cc3)o2)N1c1ccc(Br)cc1. The van der Waals surface area contributed by atoms with Gasteiger partial charge in [-0.15, -0.1) is 0 Å². The van der Waals surface area contributed by atoms with Gasteiger partial charge in [-0.2, -0.15) is 0 Å². The smallest absolute Gasteiger partial charge is 0.174 e. The zero-order chi connectivity index (χ0) is 21.4. The van der Waals surface area contributed by atoms with Crippen LogP contribution in [0.3, 0.4) is 0 Å². The lowest BCUT2D eigenvalue weighted by atomic mass is 10.0. The first-order chi connectivity index (χ1) is 15.1. The number of furan rings is 1. The molecule has 154 valence electrons. The Hall–Kier alpha value is -2.48. The van der Waals surface area contributed by atoms with E-state index < -0.39 is 0 Å². The molecule has 0 unspecified atom stereocenters. The molecule has 0 aliphatic carbocycles. The Kier molecular flexibility index (Phi) is 5.65. The number of benzene rings is 2. The monoisotopic (exact) mass is 553 g/mol. The molecule has 0 radical (unpaired) electrons. The quantitative estimate of drug-likeness (QED) is 0.274. The molecule has 3 heterocycles. The number of hydrogen-bond acceptors (Lipinski definition) is 3. The van der Waals surface area contributed by atoms with Gasteiger partial charge in [0.05, 0.1) is 11.7 Å². The Morgan fingerprint density at radius 3 is 2.26 bits per heavy atom. The average molecular weight is 555 g/mol. The van der Waals surface area contributed by atoms with E-state index in [4.69, 9.17) is 16.6 Å². The lowest BCUT2D eigenvalue weighted by Crippen LogP contribution is -2.29. The highest BCUT2D eigenvalue weighted by atomic mass is 79.9. The predicted molar refractivity (Wildman–Crippen MR) is 134 cm³/mol. The van der Waals surface area contributed by atoms with E-state index in [1.54, 1.807) is 6.20 Å². The molecule has 1 N–H and O–H groups in total. The van der Waals surface area contributed by atoms with Crippen molar-refractivity contribution in [2.45, 2.75) is 12.1 Å². The van der Waals surface area contributed by atoms with Crippen LogP contribution < -0.4 is 10.2 Å². The van der Waals surface area contributed by atoms with Crippen molar-refractivity contribution in [3.05, 3.63) is 105 Å². The van der Waals surface area contributed by atoms with Crippen molar-refractivity contribution < 1.29 is 4.42 Å². The number of halogens is 2. The van der Waals surface area contributed by atoms with Gasteiger partial charge in [0.1, 0.15) is 17.6 Å². The summed E-state index contributed by atoms with van der Waals surface area (Å²) in [4.78, 5) is 6.69. The largest absolute Gasteiger partial charge is 0.459 e. The maximum atomic E-state index is 6.38. The maximum Gasteiger partial charge on any atom is 0.174 e. The highest BCUT2D eigenvalue weighted by Crippen LogP contribution is 2.43. The van der Waals surface area contributed by atoms with Crippen molar-refractivity contribution in [2.24, 2.45) is 0 Å². The second kappa shape index (κ2) is 8.57. The number of rotatable bonds is 4. The average Bonchev–Trinajstić information content (AvgIpc) is 3.40. The number of thiocarbonyl (C=S) groups is 1. The first kappa shape index (κ1) is 20.4. The van der Waals surface area contributed by atoms with Crippen molar-refractivity contribution in [2.75, 3.05) is 4.90 Å². The van der Waals surface area contributed by atoms with Gasteiger partial charge in [0, 0.05) is 26.4 Å². The van der Waals surface area contributed by atoms with Gasteiger partial charge in [0.25, 0.3) is 0 Å². The normalized spacial score (nSPS) is 18.3. The van der Waals surface area contributed by atoms with Crippen LogP contribution >= 0.6 is 44.1 Å². The summed E-state index contributed by atoms with van der Waals surface area (Å²) < 4.78 is 8.42. The molecule has 4 nitrogen and oxygen atoms in total. The van der Waals surface area contributed by atoms with Gasteiger partial charge in [0.15, 0.2) is 5.11 Å². The van der Waals surface area contributed by atoms with Crippen LogP contribution in [0.5, 0.6) is 0 Å². The minimum Gasteiger partial charge on any atom is -0.459 e. The molecule has 5 rings (SSSR count). The van der Waals surface area contributed by atoms with E-state index in [0.717, 1.165) is 37.4 Å². The summed E-state index contributed by atoms with van der Waals surface area (Å²) in [5.41, 5.74) is 2.93. The fourth-order valence-corrected chi connectivity index (χ4v) is 4.68. The Labute approximate surface area is 202 Å². The van der Waals surface area contributed by atoms with Crippen LogP contribution in [0.1, 0.15) is 23.5 Å². The topological polar surface area (TPSA) is 41.3 Å². The number of nitrogens with zero attached hydrogens (tertiary/aromatic N) is 2. The molecule has 2 aromatic carbocycles. The fourth-order valence-electron chi connectivity index (χ4n) is 3.80. The maximum absolute atomic E-state index is 6.38. The summed E-state index contributed by atoms with van der Waals surface area (Å²) in [7, 11) is 0. The number of aromatic nitrogens is 1. The van der Waals surface area contributed by atoms with E-state index in [1.807, 2.05) is 78.9 Å². The summed E-state index contributed by atoms with van der Waals surface area (Å²) in [6, 6.07) is 25.8. The second-order valence-corrected chi connectivity index (χ2v) is 9.40. The van der Waals surface area contributed by atoms with Crippen LogP contribution in [0.4, 0.5) is 5.69 Å². The lowest BCUT2D eigenvalue weighted by molar-refractivity contribution is 0.439. The number of pyridine rings is 1. The minimum atomic E-state index is -0.173. The van der Waals surface area contributed by atoms with Gasteiger partial charge in [-0.3, -0.25) is 4.98 Å². The van der Waals surface area contributed by atoms with E-state index >= 15 is 0 Å². The molecular formula is C24H17Br2N3OS. The second-order valence-electron chi connectivity index (χ2n) is 7.18. The standard InChI is InChI=1S/C24H17Br2N3OS/c25-16-6-4-15(5-7-16)20-12-13-21(30-20)23-22(19-3-1-2-14-27-19)28-24(31)29(23)18-10-8-17(26)9-11-18/h1-14,22-23H,(H,28,31)/t22-,23-/m1/s1. The lowest BCUT2D eigenvalue weighted by Gasteiger charge is -2.26. The van der Waals surface area contributed by atoms with Crippen LogP contribution in [-0.4, -0.2) is 10.1 Å². The highest BCUT2D eigenvalue weighted by molar-refractivity contribution is 9.10. The van der Waals surface area contributed by atoms with Crippen LogP contribution in [0.25, 0.3) is 11.3 Å². The van der Waals surface area contributed by atoms with Crippen LogP contribution in [0, 0.1) is 0 Å². The van der Waals surface area contributed by atoms with E-state index in [9.17, 15) is 0 Å². The number of nitrogens with one attached hydrogen (secondary N) is 1. The molecule has 0 saturated carbocycles. The van der Waals surface area contributed by atoms with Crippen molar-refractivity contribution in [1.29, 1.82) is 0 Å². The molecule has 1 aliphatic rings. The molecule has 7 heteroatoms.